The molecule has 0 saturated carbocycles. The number of nitriles is 1. The zero-order chi connectivity index (χ0) is 25.8. The van der Waals surface area contributed by atoms with Gasteiger partial charge in [-0.05, 0) is 18.2 Å². The molecule has 0 atom stereocenters. The SMILES string of the molecule is Cn1cnnc1C1(F)CCN(c2c(C#N)cc(F)cc2-c2cnc3nn(C)c(C(F)(F)F)c3c2)CC1. The highest BCUT2D eigenvalue weighted by atomic mass is 19.4. The fourth-order valence-electron chi connectivity index (χ4n) is 4.80. The largest absolute Gasteiger partial charge is 0.433 e. The second-order valence-electron chi connectivity index (χ2n) is 8.74. The van der Waals surface area contributed by atoms with E-state index in [0.717, 1.165) is 12.1 Å². The van der Waals surface area contributed by atoms with Crippen molar-refractivity contribution in [1.29, 1.82) is 5.26 Å². The molecule has 36 heavy (non-hydrogen) atoms. The Balaban J connectivity index is 1.60. The second-order valence-corrected chi connectivity index (χ2v) is 8.74. The zero-order valence-corrected chi connectivity index (χ0v) is 19.2. The maximum absolute atomic E-state index is 15.7. The number of anilines is 1. The molecule has 1 fully saturated rings. The van der Waals surface area contributed by atoms with E-state index in [1.54, 1.807) is 11.9 Å². The van der Waals surface area contributed by atoms with Crippen LogP contribution in [0.25, 0.3) is 22.2 Å². The maximum atomic E-state index is 15.7. The van der Waals surface area contributed by atoms with Crippen LogP contribution in [0.2, 0.25) is 0 Å². The van der Waals surface area contributed by atoms with E-state index in [1.165, 1.54) is 30.2 Å². The smallest absolute Gasteiger partial charge is 0.370 e. The fraction of sp³-hybridized carbons (Fsp3) is 0.348. The molecule has 0 N–H and O–H groups in total. The highest BCUT2D eigenvalue weighted by molar-refractivity contribution is 5.89. The Kier molecular flexibility index (Phi) is 5.42. The quantitative estimate of drug-likeness (QED) is 0.389. The van der Waals surface area contributed by atoms with Crippen molar-refractivity contribution in [3.63, 3.8) is 0 Å². The highest BCUT2D eigenvalue weighted by Gasteiger charge is 2.41. The van der Waals surface area contributed by atoms with Gasteiger partial charge in [0.2, 0.25) is 0 Å². The first kappa shape index (κ1) is 23.7. The number of aromatic nitrogens is 6. The summed E-state index contributed by atoms with van der Waals surface area (Å²) < 4.78 is 73.4. The fourth-order valence-corrected chi connectivity index (χ4v) is 4.80. The lowest BCUT2D eigenvalue weighted by molar-refractivity contribution is -0.142. The maximum Gasteiger partial charge on any atom is 0.433 e. The predicted molar refractivity (Wildman–Crippen MR) is 119 cm³/mol. The van der Waals surface area contributed by atoms with Crippen LogP contribution in [0.15, 0.2) is 30.7 Å². The molecule has 1 aromatic carbocycles. The van der Waals surface area contributed by atoms with Crippen molar-refractivity contribution in [2.24, 2.45) is 14.1 Å². The Morgan fingerprint density at radius 2 is 1.83 bits per heavy atom. The molecule has 3 aromatic heterocycles. The molecule has 8 nitrogen and oxygen atoms in total. The third kappa shape index (κ3) is 3.82. The number of pyridine rings is 1. The Bertz CT molecular complexity index is 1510. The van der Waals surface area contributed by atoms with Gasteiger partial charge in [0.05, 0.1) is 16.6 Å². The minimum atomic E-state index is -4.69. The summed E-state index contributed by atoms with van der Waals surface area (Å²) in [5.41, 5.74) is -2.20. The zero-order valence-electron chi connectivity index (χ0n) is 19.2. The molecule has 5 rings (SSSR count). The lowest BCUT2D eigenvalue weighted by Crippen LogP contribution is -2.42. The third-order valence-electron chi connectivity index (χ3n) is 6.45. The van der Waals surface area contributed by atoms with Crippen molar-refractivity contribution in [1.82, 2.24) is 29.5 Å². The minimum absolute atomic E-state index is 0.0163. The number of rotatable bonds is 3. The van der Waals surface area contributed by atoms with E-state index in [0.29, 0.717) is 10.4 Å². The molecule has 1 aliphatic rings. The number of hydrogen-bond donors (Lipinski definition) is 0. The normalized spacial score (nSPS) is 15.9. The first-order valence-electron chi connectivity index (χ1n) is 10.9. The lowest BCUT2D eigenvalue weighted by atomic mass is 9.90. The molecule has 0 amide bonds. The van der Waals surface area contributed by atoms with Crippen LogP contribution < -0.4 is 4.90 Å². The van der Waals surface area contributed by atoms with Crippen molar-refractivity contribution in [3.8, 4) is 17.2 Å². The minimum Gasteiger partial charge on any atom is -0.370 e. The van der Waals surface area contributed by atoms with Gasteiger partial charge in [-0.3, -0.25) is 4.68 Å². The molecule has 13 heteroatoms. The molecule has 0 radical (unpaired) electrons. The van der Waals surface area contributed by atoms with E-state index in [1.807, 2.05) is 6.07 Å². The topological polar surface area (TPSA) is 88.4 Å². The van der Waals surface area contributed by atoms with Gasteiger partial charge in [0.1, 0.15) is 18.2 Å². The number of hydrogen-bond acceptors (Lipinski definition) is 6. The van der Waals surface area contributed by atoms with Gasteiger partial charge in [-0.2, -0.15) is 23.5 Å². The highest BCUT2D eigenvalue weighted by Crippen LogP contribution is 2.42. The van der Waals surface area contributed by atoms with Crippen molar-refractivity contribution in [3.05, 3.63) is 53.6 Å². The number of nitrogens with zero attached hydrogens (tertiary/aromatic N) is 8. The van der Waals surface area contributed by atoms with Gasteiger partial charge in [0.15, 0.2) is 22.8 Å². The van der Waals surface area contributed by atoms with Crippen molar-refractivity contribution in [2.75, 3.05) is 18.0 Å². The van der Waals surface area contributed by atoms with Crippen LogP contribution in [0, 0.1) is 17.1 Å². The van der Waals surface area contributed by atoms with Crippen LogP contribution in [-0.4, -0.2) is 42.6 Å². The van der Waals surface area contributed by atoms with Crippen LogP contribution in [-0.2, 0) is 25.9 Å². The Hall–Kier alpha value is -4.08. The molecule has 0 bridgehead atoms. The summed E-state index contributed by atoms with van der Waals surface area (Å²) in [5.74, 6) is -0.545. The summed E-state index contributed by atoms with van der Waals surface area (Å²) in [6.07, 6.45) is -1.94. The number of benzene rings is 1. The van der Waals surface area contributed by atoms with Gasteiger partial charge < -0.3 is 9.47 Å². The molecule has 0 spiro atoms. The lowest BCUT2D eigenvalue weighted by Gasteiger charge is -2.38. The van der Waals surface area contributed by atoms with Crippen molar-refractivity contribution >= 4 is 16.7 Å². The average Bonchev–Trinajstić information content (AvgIpc) is 3.41. The molecule has 1 saturated heterocycles. The molecule has 1 aliphatic heterocycles. The van der Waals surface area contributed by atoms with Crippen molar-refractivity contribution < 1.29 is 22.0 Å². The Morgan fingerprint density at radius 3 is 2.44 bits per heavy atom. The van der Waals surface area contributed by atoms with Crippen molar-refractivity contribution in [2.45, 2.75) is 24.7 Å². The molecule has 0 aliphatic carbocycles. The van der Waals surface area contributed by atoms with E-state index in [-0.39, 0.29) is 59.5 Å². The predicted octanol–water partition coefficient (Wildman–Crippen LogP) is 4.26. The molecule has 0 unspecified atom stereocenters. The van der Waals surface area contributed by atoms with E-state index in [4.69, 9.17) is 0 Å². The van der Waals surface area contributed by atoms with E-state index in [9.17, 15) is 22.8 Å². The van der Waals surface area contributed by atoms with Gasteiger partial charge in [-0.15, -0.1) is 10.2 Å². The van der Waals surface area contributed by atoms with Gasteiger partial charge in [0, 0.05) is 57.4 Å². The number of aryl methyl sites for hydroxylation is 2. The summed E-state index contributed by atoms with van der Waals surface area (Å²) in [7, 11) is 2.81. The second kappa shape index (κ2) is 8.25. The standard InChI is InChI=1S/C23H19F5N8/c1-34-12-31-32-21(34)22(25)3-5-36(6-4-22)18-13(10-29)7-15(24)9-16(18)14-8-17-19(23(26,27)28)35(2)33-20(17)30-11-14/h7-9,11-12H,3-6H2,1-2H3. The molecular formula is C23H19F5N8. The first-order chi connectivity index (χ1) is 17.0. The number of fused-ring (bicyclic) bond motifs is 1. The average molecular weight is 502 g/mol. The summed E-state index contributed by atoms with van der Waals surface area (Å²) in [4.78, 5) is 5.79. The summed E-state index contributed by atoms with van der Waals surface area (Å²) in [6.45, 7) is 0.320. The van der Waals surface area contributed by atoms with Crippen LogP contribution in [0.5, 0.6) is 0 Å². The molecular weight excluding hydrogens is 483 g/mol. The van der Waals surface area contributed by atoms with Crippen LogP contribution in [0.1, 0.15) is 29.9 Å². The molecule has 4 heterocycles. The van der Waals surface area contributed by atoms with Gasteiger partial charge in [-0.25, -0.2) is 13.8 Å². The van der Waals surface area contributed by atoms with Crippen LogP contribution >= 0.6 is 0 Å². The van der Waals surface area contributed by atoms with E-state index in [2.05, 4.69) is 20.3 Å². The van der Waals surface area contributed by atoms with Gasteiger partial charge in [0.25, 0.3) is 0 Å². The van der Waals surface area contributed by atoms with E-state index >= 15 is 4.39 Å². The van der Waals surface area contributed by atoms with Gasteiger partial charge >= 0.3 is 6.18 Å². The summed E-state index contributed by atoms with van der Waals surface area (Å²) >= 11 is 0. The third-order valence-corrected chi connectivity index (χ3v) is 6.45. The Labute approximate surface area is 201 Å². The number of alkyl halides is 4. The Morgan fingerprint density at radius 1 is 1.11 bits per heavy atom. The van der Waals surface area contributed by atoms with Crippen LogP contribution in [0.3, 0.4) is 0 Å². The first-order valence-corrected chi connectivity index (χ1v) is 10.9. The summed E-state index contributed by atoms with van der Waals surface area (Å²) in [6, 6.07) is 5.39. The number of piperidine rings is 1. The monoisotopic (exact) mass is 502 g/mol. The molecule has 4 aromatic rings. The van der Waals surface area contributed by atoms with Gasteiger partial charge in [-0.1, -0.05) is 0 Å². The van der Waals surface area contributed by atoms with E-state index < -0.39 is 23.4 Å². The van der Waals surface area contributed by atoms with Crippen LogP contribution in [0.4, 0.5) is 27.6 Å². The summed E-state index contributed by atoms with van der Waals surface area (Å²) in [5, 5.41) is 20.9. The molecule has 186 valence electrons. The number of halogens is 5.